The van der Waals surface area contributed by atoms with Crippen LogP contribution in [0.3, 0.4) is 0 Å². The van der Waals surface area contributed by atoms with Crippen molar-refractivity contribution in [3.63, 3.8) is 0 Å². The Morgan fingerprint density at radius 1 is 1.39 bits per heavy atom. The molecule has 1 aliphatic rings. The highest BCUT2D eigenvalue weighted by atomic mass is 35.5. The number of carbonyl (C=O) groups excluding carboxylic acids is 1. The molecule has 2 aromatic rings. The smallest absolute Gasteiger partial charge is 0.340 e. The van der Waals surface area contributed by atoms with Crippen LogP contribution < -0.4 is 0 Å². The highest BCUT2D eigenvalue weighted by Gasteiger charge is 2.44. The minimum absolute atomic E-state index is 0.195. The van der Waals surface area contributed by atoms with E-state index in [9.17, 15) is 4.79 Å². The van der Waals surface area contributed by atoms with Gasteiger partial charge in [0.1, 0.15) is 5.60 Å². The quantitative estimate of drug-likeness (QED) is 0.619. The van der Waals surface area contributed by atoms with Gasteiger partial charge in [-0.2, -0.15) is 0 Å². The number of esters is 1. The molecular formula is C14H13ClO2S. The van der Waals surface area contributed by atoms with Crippen LogP contribution in [0.25, 0.3) is 10.1 Å². The molecule has 0 spiro atoms. The zero-order valence-corrected chi connectivity index (χ0v) is 11.6. The number of carbonyl (C=O) groups is 1. The highest BCUT2D eigenvalue weighted by Crippen LogP contribution is 2.47. The number of benzene rings is 1. The van der Waals surface area contributed by atoms with Crippen molar-refractivity contribution in [3.05, 3.63) is 34.7 Å². The molecule has 0 amide bonds. The monoisotopic (exact) mass is 280 g/mol. The molecule has 0 bridgehead atoms. The summed E-state index contributed by atoms with van der Waals surface area (Å²) in [6, 6.07) is 7.99. The maximum atomic E-state index is 12.1. The lowest BCUT2D eigenvalue weighted by molar-refractivity contribution is -0.00198. The highest BCUT2D eigenvalue weighted by molar-refractivity contribution is 7.19. The molecule has 0 saturated carbocycles. The molecule has 18 heavy (non-hydrogen) atoms. The molecule has 2 nitrogen and oxygen atoms in total. The molecule has 0 aliphatic carbocycles. The van der Waals surface area contributed by atoms with Gasteiger partial charge < -0.3 is 4.74 Å². The van der Waals surface area contributed by atoms with E-state index in [0.29, 0.717) is 5.88 Å². The molecule has 1 atom stereocenters. The fourth-order valence-electron chi connectivity index (χ4n) is 2.49. The van der Waals surface area contributed by atoms with Gasteiger partial charge in [0.2, 0.25) is 0 Å². The van der Waals surface area contributed by atoms with Crippen molar-refractivity contribution < 1.29 is 9.53 Å². The largest absolute Gasteiger partial charge is 0.450 e. The van der Waals surface area contributed by atoms with Crippen LogP contribution in [-0.4, -0.2) is 11.8 Å². The summed E-state index contributed by atoms with van der Waals surface area (Å²) in [6.07, 6.45) is 1.63. The van der Waals surface area contributed by atoms with Crippen LogP contribution >= 0.6 is 22.9 Å². The summed E-state index contributed by atoms with van der Waals surface area (Å²) in [7, 11) is 0. The minimum atomic E-state index is -0.495. The van der Waals surface area contributed by atoms with Crippen LogP contribution in [0.4, 0.5) is 0 Å². The van der Waals surface area contributed by atoms with Gasteiger partial charge >= 0.3 is 5.97 Å². The molecule has 0 fully saturated rings. The van der Waals surface area contributed by atoms with E-state index in [0.717, 1.165) is 33.4 Å². The van der Waals surface area contributed by atoms with Crippen molar-refractivity contribution in [3.8, 4) is 0 Å². The zero-order chi connectivity index (χ0) is 12.8. The van der Waals surface area contributed by atoms with E-state index in [2.05, 4.69) is 0 Å². The number of hydrogen-bond acceptors (Lipinski definition) is 3. The summed E-state index contributed by atoms with van der Waals surface area (Å²) < 4.78 is 6.73. The molecule has 4 heteroatoms. The number of halogens is 1. The topological polar surface area (TPSA) is 26.3 Å². The van der Waals surface area contributed by atoms with Gasteiger partial charge in [-0.3, -0.25) is 0 Å². The second kappa shape index (κ2) is 4.25. The normalized spacial score (nSPS) is 22.2. The summed E-state index contributed by atoms with van der Waals surface area (Å²) >= 11 is 7.41. The van der Waals surface area contributed by atoms with Crippen molar-refractivity contribution in [1.29, 1.82) is 0 Å². The van der Waals surface area contributed by atoms with E-state index in [1.165, 1.54) is 0 Å². The fourth-order valence-corrected chi connectivity index (χ4v) is 3.93. The molecule has 1 aliphatic heterocycles. The standard InChI is InChI=1S/C14H13ClO2S/c1-14(7-4-8-15)12-11(13(16)17-14)9-5-2-3-6-10(9)18-12/h2-3,5-6H,4,7-8H2,1H3. The first-order valence-electron chi connectivity index (χ1n) is 5.97. The van der Waals surface area contributed by atoms with E-state index in [-0.39, 0.29) is 5.97 Å². The number of ether oxygens (including phenoxy) is 1. The second-order valence-electron chi connectivity index (χ2n) is 4.72. The average Bonchev–Trinajstić information content (AvgIpc) is 2.86. The zero-order valence-electron chi connectivity index (χ0n) is 10.0. The first-order chi connectivity index (χ1) is 8.65. The van der Waals surface area contributed by atoms with Crippen molar-refractivity contribution in [2.75, 3.05) is 5.88 Å². The first kappa shape index (κ1) is 12.0. The molecule has 2 heterocycles. The Kier molecular flexibility index (Phi) is 2.83. The van der Waals surface area contributed by atoms with E-state index < -0.39 is 5.60 Å². The molecule has 0 saturated heterocycles. The van der Waals surface area contributed by atoms with Crippen molar-refractivity contribution in [2.45, 2.75) is 25.4 Å². The van der Waals surface area contributed by atoms with E-state index in [1.807, 2.05) is 31.2 Å². The number of fused-ring (bicyclic) bond motifs is 3. The average molecular weight is 281 g/mol. The molecule has 0 radical (unpaired) electrons. The summed E-state index contributed by atoms with van der Waals surface area (Å²) in [6.45, 7) is 1.98. The maximum absolute atomic E-state index is 12.1. The first-order valence-corrected chi connectivity index (χ1v) is 7.32. The lowest BCUT2D eigenvalue weighted by Crippen LogP contribution is -2.21. The lowest BCUT2D eigenvalue weighted by atomic mass is 9.97. The van der Waals surface area contributed by atoms with Crippen LogP contribution in [0.2, 0.25) is 0 Å². The maximum Gasteiger partial charge on any atom is 0.340 e. The third-order valence-corrected chi connectivity index (χ3v) is 5.07. The van der Waals surface area contributed by atoms with Crippen molar-refractivity contribution in [2.24, 2.45) is 0 Å². The number of thiophene rings is 1. The molecule has 1 unspecified atom stereocenters. The molecular weight excluding hydrogens is 268 g/mol. The van der Waals surface area contributed by atoms with Gasteiger partial charge in [-0.1, -0.05) is 18.2 Å². The summed E-state index contributed by atoms with van der Waals surface area (Å²) in [5.74, 6) is 0.396. The molecule has 94 valence electrons. The van der Waals surface area contributed by atoms with Crippen LogP contribution in [0.5, 0.6) is 0 Å². The number of rotatable bonds is 3. The third kappa shape index (κ3) is 1.65. The minimum Gasteiger partial charge on any atom is -0.450 e. The van der Waals surface area contributed by atoms with Crippen LogP contribution in [0, 0.1) is 0 Å². The molecule has 1 aromatic carbocycles. The van der Waals surface area contributed by atoms with E-state index >= 15 is 0 Å². The second-order valence-corrected chi connectivity index (χ2v) is 6.15. The molecule has 3 rings (SSSR count). The Hall–Kier alpha value is -1.06. The summed E-state index contributed by atoms with van der Waals surface area (Å²) in [5, 5.41) is 1.01. The van der Waals surface area contributed by atoms with Gasteiger partial charge in [0, 0.05) is 16.0 Å². The van der Waals surface area contributed by atoms with E-state index in [1.54, 1.807) is 11.3 Å². The Labute approximate surface area is 115 Å². The Balaban J connectivity index is 2.15. The van der Waals surface area contributed by atoms with Crippen molar-refractivity contribution >= 4 is 39.0 Å². The third-order valence-electron chi connectivity index (χ3n) is 3.39. The van der Waals surface area contributed by atoms with E-state index in [4.69, 9.17) is 16.3 Å². The van der Waals surface area contributed by atoms with Crippen LogP contribution in [0.1, 0.15) is 35.0 Å². The van der Waals surface area contributed by atoms with Gasteiger partial charge in [-0.15, -0.1) is 22.9 Å². The summed E-state index contributed by atoms with van der Waals surface area (Å²) in [4.78, 5) is 13.1. The Morgan fingerprint density at radius 2 is 2.17 bits per heavy atom. The van der Waals surface area contributed by atoms with Crippen LogP contribution in [-0.2, 0) is 10.3 Å². The summed E-state index contributed by atoms with van der Waals surface area (Å²) in [5.41, 5.74) is 0.262. The number of cyclic esters (lactones) is 1. The fraction of sp³-hybridized carbons (Fsp3) is 0.357. The van der Waals surface area contributed by atoms with Crippen LogP contribution in [0.15, 0.2) is 24.3 Å². The Bertz CT molecular complexity index is 619. The van der Waals surface area contributed by atoms with Gasteiger partial charge in [0.05, 0.1) is 10.4 Å². The number of alkyl halides is 1. The predicted molar refractivity (Wildman–Crippen MR) is 74.5 cm³/mol. The van der Waals surface area contributed by atoms with Crippen molar-refractivity contribution in [1.82, 2.24) is 0 Å². The van der Waals surface area contributed by atoms with Gasteiger partial charge in [-0.05, 0) is 25.8 Å². The van der Waals surface area contributed by atoms with Gasteiger partial charge in [0.25, 0.3) is 0 Å². The molecule has 0 N–H and O–H groups in total. The SMILES string of the molecule is CC1(CCCCl)OC(=O)c2c1sc1ccccc21. The van der Waals surface area contributed by atoms with Gasteiger partial charge in [0.15, 0.2) is 0 Å². The molecule has 1 aromatic heterocycles. The lowest BCUT2D eigenvalue weighted by Gasteiger charge is -2.22. The van der Waals surface area contributed by atoms with Gasteiger partial charge in [-0.25, -0.2) is 4.79 Å². The predicted octanol–water partition coefficient (Wildman–Crippen LogP) is 4.31. The Morgan fingerprint density at radius 3 is 2.94 bits per heavy atom. The number of hydrogen-bond donors (Lipinski definition) is 0.